The second kappa shape index (κ2) is 5.16. The molecule has 15 heavy (non-hydrogen) atoms. The zero-order valence-corrected chi connectivity index (χ0v) is 8.51. The standard InChI is InChI=1S/C9H14F3N3/c1-13-5-8-6-14-15(7-8)4-2-3-9(10,11)12/h6-7,13H,2-5H2,1H3. The molecule has 1 aromatic heterocycles. The summed E-state index contributed by atoms with van der Waals surface area (Å²) in [6.07, 6.45) is -1.34. The zero-order valence-electron chi connectivity index (χ0n) is 8.51. The van der Waals surface area contributed by atoms with E-state index in [0.717, 1.165) is 5.56 Å². The first-order chi connectivity index (χ1) is 7.01. The highest BCUT2D eigenvalue weighted by molar-refractivity contribution is 5.02. The van der Waals surface area contributed by atoms with E-state index in [4.69, 9.17) is 0 Å². The van der Waals surface area contributed by atoms with Crippen LogP contribution in [-0.4, -0.2) is 23.0 Å². The van der Waals surface area contributed by atoms with Crippen LogP contribution in [0.15, 0.2) is 12.4 Å². The summed E-state index contributed by atoms with van der Waals surface area (Å²) in [6, 6.07) is 0. The number of hydrogen-bond donors (Lipinski definition) is 1. The molecule has 1 aromatic rings. The van der Waals surface area contributed by atoms with Crippen molar-refractivity contribution in [2.45, 2.75) is 32.1 Å². The minimum Gasteiger partial charge on any atom is -0.316 e. The molecule has 0 amide bonds. The summed E-state index contributed by atoms with van der Waals surface area (Å²) in [5.41, 5.74) is 0.976. The van der Waals surface area contributed by atoms with E-state index >= 15 is 0 Å². The third-order valence-electron chi connectivity index (χ3n) is 1.92. The maximum absolute atomic E-state index is 11.8. The highest BCUT2D eigenvalue weighted by atomic mass is 19.4. The summed E-state index contributed by atoms with van der Waals surface area (Å²) in [5, 5.41) is 6.91. The van der Waals surface area contributed by atoms with Gasteiger partial charge in [0.2, 0.25) is 0 Å². The van der Waals surface area contributed by atoms with Crippen LogP contribution >= 0.6 is 0 Å². The predicted molar refractivity (Wildman–Crippen MR) is 50.3 cm³/mol. The summed E-state index contributed by atoms with van der Waals surface area (Å²) >= 11 is 0. The Hall–Kier alpha value is -1.04. The molecule has 0 aliphatic heterocycles. The third-order valence-corrected chi connectivity index (χ3v) is 1.92. The molecule has 0 aliphatic rings. The molecule has 1 rings (SSSR count). The average Bonchev–Trinajstić information content (AvgIpc) is 2.51. The normalized spacial score (nSPS) is 12.0. The van der Waals surface area contributed by atoms with E-state index in [-0.39, 0.29) is 6.42 Å². The second-order valence-corrected chi connectivity index (χ2v) is 3.36. The van der Waals surface area contributed by atoms with Crippen molar-refractivity contribution in [3.8, 4) is 0 Å². The molecule has 0 unspecified atom stereocenters. The Morgan fingerprint density at radius 2 is 2.20 bits per heavy atom. The predicted octanol–water partition coefficient (Wildman–Crippen LogP) is 1.94. The lowest BCUT2D eigenvalue weighted by atomic mass is 10.3. The SMILES string of the molecule is CNCc1cnn(CCCC(F)(F)F)c1. The van der Waals surface area contributed by atoms with Crippen molar-refractivity contribution in [1.82, 2.24) is 15.1 Å². The Kier molecular flexibility index (Phi) is 4.14. The van der Waals surface area contributed by atoms with E-state index in [0.29, 0.717) is 13.1 Å². The maximum Gasteiger partial charge on any atom is 0.389 e. The summed E-state index contributed by atoms with van der Waals surface area (Å²) < 4.78 is 37.1. The van der Waals surface area contributed by atoms with E-state index in [2.05, 4.69) is 10.4 Å². The molecule has 1 heterocycles. The molecular formula is C9H14F3N3. The fourth-order valence-corrected chi connectivity index (χ4v) is 1.27. The number of aryl methyl sites for hydroxylation is 1. The number of aromatic nitrogens is 2. The van der Waals surface area contributed by atoms with Gasteiger partial charge in [0.15, 0.2) is 0 Å². The van der Waals surface area contributed by atoms with Crippen molar-refractivity contribution < 1.29 is 13.2 Å². The second-order valence-electron chi connectivity index (χ2n) is 3.36. The molecular weight excluding hydrogens is 207 g/mol. The lowest BCUT2D eigenvalue weighted by Crippen LogP contribution is -2.09. The molecule has 6 heteroatoms. The zero-order chi connectivity index (χ0) is 11.3. The van der Waals surface area contributed by atoms with Gasteiger partial charge < -0.3 is 5.32 Å². The van der Waals surface area contributed by atoms with Crippen molar-refractivity contribution in [3.63, 3.8) is 0 Å². The molecule has 86 valence electrons. The molecule has 0 spiro atoms. The minimum atomic E-state index is -4.07. The van der Waals surface area contributed by atoms with E-state index in [1.165, 1.54) is 0 Å². The van der Waals surface area contributed by atoms with Crippen LogP contribution in [0.1, 0.15) is 18.4 Å². The van der Waals surface area contributed by atoms with Gasteiger partial charge in [0.05, 0.1) is 6.20 Å². The van der Waals surface area contributed by atoms with Crippen LogP contribution in [0.2, 0.25) is 0 Å². The fourth-order valence-electron chi connectivity index (χ4n) is 1.27. The molecule has 0 fully saturated rings. The van der Waals surface area contributed by atoms with Crippen LogP contribution in [0.3, 0.4) is 0 Å². The Morgan fingerprint density at radius 1 is 1.47 bits per heavy atom. The summed E-state index contributed by atoms with van der Waals surface area (Å²) in [6.45, 7) is 0.989. The van der Waals surface area contributed by atoms with Gasteiger partial charge in [-0.25, -0.2) is 0 Å². The van der Waals surface area contributed by atoms with Gasteiger partial charge in [0.1, 0.15) is 0 Å². The van der Waals surface area contributed by atoms with Gasteiger partial charge >= 0.3 is 6.18 Å². The van der Waals surface area contributed by atoms with Crippen molar-refractivity contribution in [2.75, 3.05) is 7.05 Å². The molecule has 0 saturated heterocycles. The summed E-state index contributed by atoms with van der Waals surface area (Å²) in [5.74, 6) is 0. The average molecular weight is 221 g/mol. The van der Waals surface area contributed by atoms with Gasteiger partial charge in [-0.1, -0.05) is 0 Å². The van der Waals surface area contributed by atoms with Crippen LogP contribution < -0.4 is 5.32 Å². The molecule has 0 radical (unpaired) electrons. The van der Waals surface area contributed by atoms with Crippen molar-refractivity contribution in [1.29, 1.82) is 0 Å². The Balaban J connectivity index is 2.31. The Labute approximate surface area is 86.3 Å². The smallest absolute Gasteiger partial charge is 0.316 e. The van der Waals surface area contributed by atoms with Crippen molar-refractivity contribution in [3.05, 3.63) is 18.0 Å². The number of nitrogens with zero attached hydrogens (tertiary/aromatic N) is 2. The third kappa shape index (κ3) is 4.83. The fraction of sp³-hybridized carbons (Fsp3) is 0.667. The van der Waals surface area contributed by atoms with Gasteiger partial charge in [-0.15, -0.1) is 0 Å². The lowest BCUT2D eigenvalue weighted by Gasteiger charge is -2.05. The molecule has 0 saturated carbocycles. The van der Waals surface area contributed by atoms with Crippen LogP contribution in [0.5, 0.6) is 0 Å². The van der Waals surface area contributed by atoms with Crippen LogP contribution in [0, 0.1) is 0 Å². The van der Waals surface area contributed by atoms with Gasteiger partial charge in [-0.3, -0.25) is 4.68 Å². The van der Waals surface area contributed by atoms with Gasteiger partial charge in [-0.05, 0) is 13.5 Å². The number of nitrogens with one attached hydrogen (secondary N) is 1. The van der Waals surface area contributed by atoms with Gasteiger partial charge in [0.25, 0.3) is 0 Å². The lowest BCUT2D eigenvalue weighted by molar-refractivity contribution is -0.136. The van der Waals surface area contributed by atoms with E-state index in [9.17, 15) is 13.2 Å². The van der Waals surface area contributed by atoms with Crippen LogP contribution in [0.4, 0.5) is 13.2 Å². The molecule has 0 atom stereocenters. The monoisotopic (exact) mass is 221 g/mol. The molecule has 3 nitrogen and oxygen atoms in total. The quantitative estimate of drug-likeness (QED) is 0.823. The molecule has 1 N–H and O–H groups in total. The largest absolute Gasteiger partial charge is 0.389 e. The number of rotatable bonds is 5. The van der Waals surface area contributed by atoms with Gasteiger partial charge in [0, 0.05) is 31.3 Å². The first-order valence-corrected chi connectivity index (χ1v) is 4.74. The minimum absolute atomic E-state index is 0.0736. The Morgan fingerprint density at radius 3 is 2.80 bits per heavy atom. The number of halogens is 3. The van der Waals surface area contributed by atoms with E-state index in [1.54, 1.807) is 24.1 Å². The van der Waals surface area contributed by atoms with Crippen molar-refractivity contribution in [2.24, 2.45) is 0 Å². The Bertz CT molecular complexity index is 293. The van der Waals surface area contributed by atoms with Crippen molar-refractivity contribution >= 4 is 0 Å². The van der Waals surface area contributed by atoms with Gasteiger partial charge in [-0.2, -0.15) is 18.3 Å². The molecule has 0 aliphatic carbocycles. The highest BCUT2D eigenvalue weighted by Gasteiger charge is 2.25. The molecule has 0 aromatic carbocycles. The van der Waals surface area contributed by atoms with E-state index < -0.39 is 12.6 Å². The highest BCUT2D eigenvalue weighted by Crippen LogP contribution is 2.21. The van der Waals surface area contributed by atoms with Crippen LogP contribution in [-0.2, 0) is 13.1 Å². The number of alkyl halides is 3. The summed E-state index contributed by atoms with van der Waals surface area (Å²) in [7, 11) is 1.81. The first kappa shape index (κ1) is 12.0. The number of hydrogen-bond acceptors (Lipinski definition) is 2. The molecule has 0 bridgehead atoms. The summed E-state index contributed by atoms with van der Waals surface area (Å²) in [4.78, 5) is 0. The maximum atomic E-state index is 11.8. The topological polar surface area (TPSA) is 29.9 Å². The first-order valence-electron chi connectivity index (χ1n) is 4.74. The van der Waals surface area contributed by atoms with E-state index in [1.807, 2.05) is 0 Å². The van der Waals surface area contributed by atoms with Crippen LogP contribution in [0.25, 0.3) is 0 Å².